The van der Waals surface area contributed by atoms with Crippen LogP contribution in [0.1, 0.15) is 39.5 Å². The van der Waals surface area contributed by atoms with Crippen molar-refractivity contribution in [3.8, 4) is 0 Å². The molecule has 0 heterocycles. The summed E-state index contributed by atoms with van der Waals surface area (Å²) in [6, 6.07) is 0. The summed E-state index contributed by atoms with van der Waals surface area (Å²) >= 11 is 0. The lowest BCUT2D eigenvalue weighted by atomic mass is 10.1. The number of rotatable bonds is 8. The van der Waals surface area contributed by atoms with Gasteiger partial charge in [0.25, 0.3) is 0 Å². The summed E-state index contributed by atoms with van der Waals surface area (Å²) in [6.45, 7) is 4.72. The first-order chi connectivity index (χ1) is 6.16. The summed E-state index contributed by atoms with van der Waals surface area (Å²) in [6.07, 6.45) is 3.52. The molecule has 13 heavy (non-hydrogen) atoms. The molecule has 0 aliphatic heterocycles. The Hall–Kier alpha value is -0.120. The van der Waals surface area contributed by atoms with Gasteiger partial charge in [-0.15, -0.1) is 0 Å². The van der Waals surface area contributed by atoms with Gasteiger partial charge < -0.3 is 14.9 Å². The maximum Gasteiger partial charge on any atom is 0.0770 e. The van der Waals surface area contributed by atoms with Crippen molar-refractivity contribution in [2.75, 3.05) is 13.2 Å². The molecule has 0 amide bonds. The third-order valence-electron chi connectivity index (χ3n) is 1.84. The Morgan fingerprint density at radius 3 is 2.38 bits per heavy atom. The van der Waals surface area contributed by atoms with E-state index in [2.05, 4.69) is 0 Å². The van der Waals surface area contributed by atoms with Crippen LogP contribution in [0.4, 0.5) is 0 Å². The van der Waals surface area contributed by atoms with E-state index in [-0.39, 0.29) is 6.61 Å². The highest BCUT2D eigenvalue weighted by molar-refractivity contribution is 4.53. The molecule has 0 aromatic rings. The zero-order valence-electron chi connectivity index (χ0n) is 8.70. The molecule has 0 saturated heterocycles. The molecule has 0 aromatic heterocycles. The summed E-state index contributed by atoms with van der Waals surface area (Å²) in [7, 11) is 0. The lowest BCUT2D eigenvalue weighted by Gasteiger charge is -2.08. The van der Waals surface area contributed by atoms with Gasteiger partial charge >= 0.3 is 0 Å². The Kier molecular flexibility index (Phi) is 8.40. The van der Waals surface area contributed by atoms with E-state index in [9.17, 15) is 0 Å². The molecular formula is C10H22O3. The van der Waals surface area contributed by atoms with Gasteiger partial charge in [-0.3, -0.25) is 0 Å². The number of ether oxygens (including phenoxy) is 1. The largest absolute Gasteiger partial charge is 0.394 e. The number of unbranched alkanes of at least 4 members (excludes halogenated alkanes) is 2. The predicted molar refractivity (Wildman–Crippen MR) is 52.6 cm³/mol. The lowest BCUT2D eigenvalue weighted by Crippen LogP contribution is -2.11. The van der Waals surface area contributed by atoms with E-state index >= 15 is 0 Å². The van der Waals surface area contributed by atoms with E-state index in [0.29, 0.717) is 12.5 Å². The van der Waals surface area contributed by atoms with Gasteiger partial charge in [0.05, 0.1) is 18.8 Å². The van der Waals surface area contributed by atoms with Gasteiger partial charge in [-0.05, 0) is 26.7 Å². The van der Waals surface area contributed by atoms with Crippen LogP contribution in [0.3, 0.4) is 0 Å². The van der Waals surface area contributed by atoms with Crippen molar-refractivity contribution in [2.24, 2.45) is 0 Å². The molecule has 1 atom stereocenters. The molecule has 0 aromatic carbocycles. The van der Waals surface area contributed by atoms with Crippen LogP contribution in [0.5, 0.6) is 0 Å². The van der Waals surface area contributed by atoms with Crippen LogP contribution in [0.25, 0.3) is 0 Å². The molecule has 0 unspecified atom stereocenters. The highest BCUT2D eigenvalue weighted by Crippen LogP contribution is 2.04. The van der Waals surface area contributed by atoms with Crippen LogP contribution >= 0.6 is 0 Å². The Labute approximate surface area is 80.7 Å². The average Bonchev–Trinajstić information content (AvgIpc) is 2.10. The zero-order valence-corrected chi connectivity index (χ0v) is 8.70. The monoisotopic (exact) mass is 190 g/mol. The van der Waals surface area contributed by atoms with Crippen molar-refractivity contribution in [3.05, 3.63) is 0 Å². The molecule has 2 N–H and O–H groups in total. The fraction of sp³-hybridized carbons (Fsp3) is 1.00. The third kappa shape index (κ3) is 9.80. The maximum absolute atomic E-state index is 9.02. The lowest BCUT2D eigenvalue weighted by molar-refractivity contribution is 0.0707. The minimum Gasteiger partial charge on any atom is -0.394 e. The molecule has 3 heteroatoms. The summed E-state index contributed by atoms with van der Waals surface area (Å²) in [4.78, 5) is 0. The van der Waals surface area contributed by atoms with Crippen LogP contribution in [-0.2, 0) is 4.74 Å². The Balaban J connectivity index is 2.99. The molecule has 0 aliphatic carbocycles. The molecule has 3 nitrogen and oxygen atoms in total. The highest BCUT2D eigenvalue weighted by atomic mass is 16.5. The smallest absolute Gasteiger partial charge is 0.0770 e. The SMILES string of the molecule is CC(C)OCCCCC[C@H](O)CO. The summed E-state index contributed by atoms with van der Waals surface area (Å²) in [5, 5.41) is 17.6. The van der Waals surface area contributed by atoms with Gasteiger partial charge in [-0.25, -0.2) is 0 Å². The zero-order chi connectivity index (χ0) is 10.1. The first-order valence-corrected chi connectivity index (χ1v) is 5.07. The second-order valence-electron chi connectivity index (χ2n) is 3.61. The van der Waals surface area contributed by atoms with Gasteiger partial charge in [0.1, 0.15) is 0 Å². The molecule has 0 rings (SSSR count). The molecule has 0 saturated carbocycles. The standard InChI is InChI=1S/C10H22O3/c1-9(2)13-7-5-3-4-6-10(12)8-11/h9-12H,3-8H2,1-2H3/t10-/m0/s1. The first kappa shape index (κ1) is 12.9. The summed E-state index contributed by atoms with van der Waals surface area (Å²) in [5.74, 6) is 0. The summed E-state index contributed by atoms with van der Waals surface area (Å²) in [5.41, 5.74) is 0. The Morgan fingerprint density at radius 1 is 1.15 bits per heavy atom. The Morgan fingerprint density at radius 2 is 1.85 bits per heavy atom. The third-order valence-corrected chi connectivity index (χ3v) is 1.84. The first-order valence-electron chi connectivity index (χ1n) is 5.07. The minimum absolute atomic E-state index is 0.123. The van der Waals surface area contributed by atoms with E-state index in [0.717, 1.165) is 25.9 Å². The van der Waals surface area contributed by atoms with Gasteiger partial charge in [0, 0.05) is 6.61 Å². The second kappa shape index (κ2) is 8.48. The fourth-order valence-corrected chi connectivity index (χ4v) is 1.07. The van der Waals surface area contributed by atoms with Gasteiger partial charge in [0.2, 0.25) is 0 Å². The number of aliphatic hydroxyl groups is 2. The topological polar surface area (TPSA) is 49.7 Å². The molecule has 0 spiro atoms. The van der Waals surface area contributed by atoms with Crippen LogP contribution in [-0.4, -0.2) is 35.6 Å². The van der Waals surface area contributed by atoms with E-state index in [1.54, 1.807) is 0 Å². The van der Waals surface area contributed by atoms with Gasteiger partial charge in [0.15, 0.2) is 0 Å². The normalized spacial score (nSPS) is 13.6. The highest BCUT2D eigenvalue weighted by Gasteiger charge is 2.00. The van der Waals surface area contributed by atoms with E-state index in [4.69, 9.17) is 14.9 Å². The molecule has 0 fully saturated rings. The van der Waals surface area contributed by atoms with Crippen molar-refractivity contribution in [1.29, 1.82) is 0 Å². The summed E-state index contributed by atoms with van der Waals surface area (Å²) < 4.78 is 5.36. The van der Waals surface area contributed by atoms with Gasteiger partial charge in [-0.2, -0.15) is 0 Å². The molecule has 0 bridgehead atoms. The van der Waals surface area contributed by atoms with Crippen LogP contribution < -0.4 is 0 Å². The van der Waals surface area contributed by atoms with E-state index < -0.39 is 6.10 Å². The van der Waals surface area contributed by atoms with E-state index in [1.807, 2.05) is 13.8 Å². The average molecular weight is 190 g/mol. The maximum atomic E-state index is 9.02. The van der Waals surface area contributed by atoms with E-state index in [1.165, 1.54) is 0 Å². The Bertz CT molecular complexity index is 104. The molecule has 0 radical (unpaired) electrons. The fourth-order valence-electron chi connectivity index (χ4n) is 1.07. The molecule has 80 valence electrons. The van der Waals surface area contributed by atoms with Crippen molar-refractivity contribution < 1.29 is 14.9 Å². The number of hydrogen-bond donors (Lipinski definition) is 2. The van der Waals surface area contributed by atoms with Crippen molar-refractivity contribution in [1.82, 2.24) is 0 Å². The van der Waals surface area contributed by atoms with Gasteiger partial charge in [-0.1, -0.05) is 12.8 Å². The molecule has 0 aliphatic rings. The second-order valence-corrected chi connectivity index (χ2v) is 3.61. The quantitative estimate of drug-likeness (QED) is 0.568. The van der Waals surface area contributed by atoms with Crippen LogP contribution in [0, 0.1) is 0 Å². The van der Waals surface area contributed by atoms with Crippen LogP contribution in [0.2, 0.25) is 0 Å². The number of aliphatic hydroxyl groups excluding tert-OH is 2. The van der Waals surface area contributed by atoms with Crippen molar-refractivity contribution >= 4 is 0 Å². The predicted octanol–water partition coefficient (Wildman–Crippen LogP) is 1.32. The minimum atomic E-state index is -0.536. The number of hydrogen-bond acceptors (Lipinski definition) is 3. The van der Waals surface area contributed by atoms with Crippen molar-refractivity contribution in [2.45, 2.75) is 51.7 Å². The van der Waals surface area contributed by atoms with Crippen LogP contribution in [0.15, 0.2) is 0 Å². The van der Waals surface area contributed by atoms with Crippen molar-refractivity contribution in [3.63, 3.8) is 0 Å². The molecular weight excluding hydrogens is 168 g/mol.